The number of rotatable bonds is 5. The van der Waals surface area contributed by atoms with Crippen molar-refractivity contribution in [1.29, 1.82) is 0 Å². The Morgan fingerprint density at radius 2 is 2.17 bits per heavy atom. The van der Waals surface area contributed by atoms with Crippen molar-refractivity contribution < 1.29 is 27.8 Å². The number of aromatic hydroxyl groups is 1. The number of halogens is 3. The molecule has 0 radical (unpaired) electrons. The lowest BCUT2D eigenvalue weighted by Gasteiger charge is -2.08. The van der Waals surface area contributed by atoms with Gasteiger partial charge in [0.2, 0.25) is 0 Å². The zero-order valence-corrected chi connectivity index (χ0v) is 9.20. The summed E-state index contributed by atoms with van der Waals surface area (Å²) in [6.07, 6.45) is -3.28. The van der Waals surface area contributed by atoms with Crippen LogP contribution in [-0.2, 0) is 4.74 Å². The standard InChI is InChI=1S/C10H11F3N2O3/c11-10(12,13)6-18-4-3-14-9(17)8-2-1-7(16)5-15-8/h1-2,5,16H,3-4,6H2,(H,14,17). The van der Waals surface area contributed by atoms with Gasteiger partial charge >= 0.3 is 6.18 Å². The predicted octanol–water partition coefficient (Wildman–Crippen LogP) is 1.10. The zero-order valence-electron chi connectivity index (χ0n) is 9.20. The minimum absolute atomic E-state index is 0.0581. The average molecular weight is 264 g/mol. The summed E-state index contributed by atoms with van der Waals surface area (Å²) >= 11 is 0. The monoisotopic (exact) mass is 264 g/mol. The van der Waals surface area contributed by atoms with Crippen LogP contribution >= 0.6 is 0 Å². The second-order valence-corrected chi connectivity index (χ2v) is 3.33. The Bertz CT molecular complexity index is 392. The van der Waals surface area contributed by atoms with Crippen LogP contribution < -0.4 is 5.32 Å². The lowest BCUT2D eigenvalue weighted by molar-refractivity contribution is -0.173. The summed E-state index contributed by atoms with van der Waals surface area (Å²) in [5, 5.41) is 11.3. The van der Waals surface area contributed by atoms with Crippen LogP contribution in [0.5, 0.6) is 5.75 Å². The van der Waals surface area contributed by atoms with Crippen LogP contribution in [-0.4, -0.2) is 41.9 Å². The molecule has 1 aromatic rings. The van der Waals surface area contributed by atoms with Crippen LogP contribution in [0.3, 0.4) is 0 Å². The molecule has 0 aliphatic rings. The summed E-state index contributed by atoms with van der Waals surface area (Å²) in [6, 6.07) is 2.57. The van der Waals surface area contributed by atoms with Crippen molar-refractivity contribution >= 4 is 5.91 Å². The molecule has 100 valence electrons. The van der Waals surface area contributed by atoms with Gasteiger partial charge in [0.1, 0.15) is 18.1 Å². The summed E-state index contributed by atoms with van der Waals surface area (Å²) in [4.78, 5) is 15.0. The van der Waals surface area contributed by atoms with Gasteiger partial charge in [0.15, 0.2) is 0 Å². The van der Waals surface area contributed by atoms with E-state index in [1.807, 2.05) is 0 Å². The Balaban J connectivity index is 2.24. The molecule has 1 amide bonds. The van der Waals surface area contributed by atoms with E-state index in [9.17, 15) is 18.0 Å². The number of hydrogen-bond donors (Lipinski definition) is 2. The third kappa shape index (κ3) is 5.48. The van der Waals surface area contributed by atoms with E-state index in [1.165, 1.54) is 12.1 Å². The number of nitrogens with one attached hydrogen (secondary N) is 1. The molecular formula is C10H11F3N2O3. The molecule has 0 aliphatic heterocycles. The van der Waals surface area contributed by atoms with E-state index >= 15 is 0 Å². The van der Waals surface area contributed by atoms with Crippen LogP contribution in [0.25, 0.3) is 0 Å². The van der Waals surface area contributed by atoms with Crippen molar-refractivity contribution in [2.24, 2.45) is 0 Å². The maximum Gasteiger partial charge on any atom is 0.411 e. The first-order chi connectivity index (χ1) is 8.38. The predicted molar refractivity (Wildman–Crippen MR) is 55.1 cm³/mol. The van der Waals surface area contributed by atoms with E-state index in [0.29, 0.717) is 0 Å². The normalized spacial score (nSPS) is 11.3. The maximum absolute atomic E-state index is 11.7. The van der Waals surface area contributed by atoms with Gasteiger partial charge in [-0.1, -0.05) is 0 Å². The van der Waals surface area contributed by atoms with Gasteiger partial charge in [0.25, 0.3) is 5.91 Å². The summed E-state index contributed by atoms with van der Waals surface area (Å²) in [5.74, 6) is -0.634. The number of aromatic nitrogens is 1. The largest absolute Gasteiger partial charge is 0.506 e. The highest BCUT2D eigenvalue weighted by Gasteiger charge is 2.27. The number of pyridine rings is 1. The van der Waals surface area contributed by atoms with Crippen LogP contribution in [0.4, 0.5) is 13.2 Å². The van der Waals surface area contributed by atoms with Crippen molar-refractivity contribution in [3.8, 4) is 5.75 Å². The molecule has 0 saturated heterocycles. The second kappa shape index (κ2) is 6.20. The molecule has 1 aromatic heterocycles. The SMILES string of the molecule is O=C(NCCOCC(F)(F)F)c1ccc(O)cn1. The van der Waals surface area contributed by atoms with Gasteiger partial charge in [-0.05, 0) is 12.1 Å². The molecule has 0 unspecified atom stereocenters. The minimum atomic E-state index is -4.37. The Hall–Kier alpha value is -1.83. The topological polar surface area (TPSA) is 71.5 Å². The Labute approximate surface area is 101 Å². The number of carbonyl (C=O) groups is 1. The van der Waals surface area contributed by atoms with Crippen LogP contribution in [0.15, 0.2) is 18.3 Å². The van der Waals surface area contributed by atoms with Gasteiger partial charge in [-0.25, -0.2) is 4.98 Å². The fraction of sp³-hybridized carbons (Fsp3) is 0.400. The van der Waals surface area contributed by atoms with E-state index in [-0.39, 0.29) is 24.6 Å². The molecule has 5 nitrogen and oxygen atoms in total. The van der Waals surface area contributed by atoms with E-state index in [4.69, 9.17) is 5.11 Å². The van der Waals surface area contributed by atoms with Crippen molar-refractivity contribution in [1.82, 2.24) is 10.3 Å². The molecule has 0 saturated carbocycles. The molecule has 0 bridgehead atoms. The fourth-order valence-corrected chi connectivity index (χ4v) is 1.04. The molecule has 0 aliphatic carbocycles. The van der Waals surface area contributed by atoms with Crippen LogP contribution in [0.1, 0.15) is 10.5 Å². The number of carbonyl (C=O) groups excluding carboxylic acids is 1. The molecule has 1 rings (SSSR count). The average Bonchev–Trinajstić information content (AvgIpc) is 2.27. The van der Waals surface area contributed by atoms with Gasteiger partial charge in [-0.3, -0.25) is 4.79 Å². The van der Waals surface area contributed by atoms with Crippen molar-refractivity contribution in [3.63, 3.8) is 0 Å². The van der Waals surface area contributed by atoms with E-state index in [2.05, 4.69) is 15.0 Å². The molecule has 0 spiro atoms. The maximum atomic E-state index is 11.7. The second-order valence-electron chi connectivity index (χ2n) is 3.33. The zero-order chi connectivity index (χ0) is 13.6. The van der Waals surface area contributed by atoms with Gasteiger partial charge < -0.3 is 15.2 Å². The highest BCUT2D eigenvalue weighted by Crippen LogP contribution is 2.13. The summed E-state index contributed by atoms with van der Waals surface area (Å²) in [7, 11) is 0. The quantitative estimate of drug-likeness (QED) is 0.781. The molecule has 1 heterocycles. The lowest BCUT2D eigenvalue weighted by Crippen LogP contribution is -2.29. The first-order valence-corrected chi connectivity index (χ1v) is 4.96. The fourth-order valence-electron chi connectivity index (χ4n) is 1.04. The number of alkyl halides is 3. The smallest absolute Gasteiger partial charge is 0.411 e. The molecular weight excluding hydrogens is 253 g/mol. The Morgan fingerprint density at radius 1 is 1.44 bits per heavy atom. The summed E-state index contributed by atoms with van der Waals surface area (Å²) in [6.45, 7) is -1.65. The highest BCUT2D eigenvalue weighted by molar-refractivity contribution is 5.92. The first kappa shape index (κ1) is 14.2. The van der Waals surface area contributed by atoms with Gasteiger partial charge in [-0.2, -0.15) is 13.2 Å². The summed E-state index contributed by atoms with van der Waals surface area (Å²) in [5.41, 5.74) is 0.0589. The lowest BCUT2D eigenvalue weighted by atomic mass is 10.3. The molecule has 18 heavy (non-hydrogen) atoms. The van der Waals surface area contributed by atoms with E-state index in [0.717, 1.165) is 6.20 Å². The number of ether oxygens (including phenoxy) is 1. The molecule has 8 heteroatoms. The van der Waals surface area contributed by atoms with Crippen molar-refractivity contribution in [2.45, 2.75) is 6.18 Å². The van der Waals surface area contributed by atoms with Crippen LogP contribution in [0, 0.1) is 0 Å². The Morgan fingerprint density at radius 3 is 2.72 bits per heavy atom. The number of nitrogens with zero attached hydrogens (tertiary/aromatic N) is 1. The third-order valence-electron chi connectivity index (χ3n) is 1.78. The molecule has 2 N–H and O–H groups in total. The summed E-state index contributed by atoms with van der Waals surface area (Å²) < 4.78 is 39.4. The van der Waals surface area contributed by atoms with Crippen molar-refractivity contribution in [3.05, 3.63) is 24.0 Å². The van der Waals surface area contributed by atoms with Crippen LogP contribution in [0.2, 0.25) is 0 Å². The first-order valence-electron chi connectivity index (χ1n) is 4.96. The molecule has 0 fully saturated rings. The molecule has 0 aromatic carbocycles. The number of hydrogen-bond acceptors (Lipinski definition) is 4. The Kier molecular flexibility index (Phi) is 4.90. The highest BCUT2D eigenvalue weighted by atomic mass is 19.4. The van der Waals surface area contributed by atoms with E-state index < -0.39 is 18.7 Å². The molecule has 0 atom stereocenters. The van der Waals surface area contributed by atoms with E-state index in [1.54, 1.807) is 0 Å². The van der Waals surface area contributed by atoms with Gasteiger partial charge in [0, 0.05) is 6.54 Å². The van der Waals surface area contributed by atoms with Crippen molar-refractivity contribution in [2.75, 3.05) is 19.8 Å². The van der Waals surface area contributed by atoms with Gasteiger partial charge in [0.05, 0.1) is 12.8 Å². The number of amides is 1. The van der Waals surface area contributed by atoms with Gasteiger partial charge in [-0.15, -0.1) is 0 Å². The third-order valence-corrected chi connectivity index (χ3v) is 1.78. The minimum Gasteiger partial charge on any atom is -0.506 e.